The molecule has 12 heteroatoms. The van der Waals surface area contributed by atoms with Crippen LogP contribution in [-0.4, -0.2) is 40.2 Å². The lowest BCUT2D eigenvalue weighted by molar-refractivity contribution is -0.174. The van der Waals surface area contributed by atoms with Gasteiger partial charge in [0.1, 0.15) is 16.5 Å². The van der Waals surface area contributed by atoms with Crippen LogP contribution in [0.5, 0.6) is 0 Å². The van der Waals surface area contributed by atoms with E-state index in [2.05, 4.69) is 10.2 Å². The third-order valence-electron chi connectivity index (χ3n) is 5.21. The van der Waals surface area contributed by atoms with Crippen molar-refractivity contribution in [2.24, 2.45) is 13.0 Å². The fraction of sp³-hybridized carbons (Fsp3) is 0.562. The molecule has 8 nitrogen and oxygen atoms in total. The lowest BCUT2D eigenvalue weighted by Gasteiger charge is -2.40. The molecule has 0 saturated heterocycles. The van der Waals surface area contributed by atoms with Crippen LogP contribution in [0.3, 0.4) is 0 Å². The Morgan fingerprint density at radius 1 is 1.32 bits per heavy atom. The molecule has 4 rings (SSSR count). The van der Waals surface area contributed by atoms with Crippen molar-refractivity contribution in [3.63, 3.8) is 0 Å². The molecule has 0 unspecified atom stereocenters. The molecule has 2 aromatic heterocycles. The minimum Gasteiger partial charge on any atom is -0.274 e. The van der Waals surface area contributed by atoms with Crippen molar-refractivity contribution in [3.05, 3.63) is 23.7 Å². The molecule has 0 aromatic carbocycles. The second-order valence-electron chi connectivity index (χ2n) is 7.19. The number of nitriles is 1. The van der Waals surface area contributed by atoms with E-state index in [0.717, 1.165) is 10.5 Å². The van der Waals surface area contributed by atoms with Crippen molar-refractivity contribution in [1.82, 2.24) is 19.6 Å². The zero-order valence-electron chi connectivity index (χ0n) is 15.0. The van der Waals surface area contributed by atoms with Crippen LogP contribution in [0.2, 0.25) is 0 Å². The van der Waals surface area contributed by atoms with Gasteiger partial charge in [0.15, 0.2) is 11.9 Å². The van der Waals surface area contributed by atoms with E-state index in [1.54, 1.807) is 13.1 Å². The van der Waals surface area contributed by atoms with E-state index in [9.17, 15) is 26.9 Å². The number of anilines is 1. The highest BCUT2D eigenvalue weighted by Crippen LogP contribution is 2.50. The molecule has 1 aliphatic heterocycles. The predicted molar refractivity (Wildman–Crippen MR) is 90.8 cm³/mol. The van der Waals surface area contributed by atoms with Gasteiger partial charge in [0.05, 0.1) is 17.9 Å². The van der Waals surface area contributed by atoms with E-state index in [0.29, 0.717) is 17.5 Å². The van der Waals surface area contributed by atoms with Gasteiger partial charge in [-0.1, -0.05) is 0 Å². The van der Waals surface area contributed by atoms with Crippen molar-refractivity contribution in [2.75, 3.05) is 4.31 Å². The number of halogens is 3. The van der Waals surface area contributed by atoms with Gasteiger partial charge in [-0.3, -0.25) is 4.68 Å². The summed E-state index contributed by atoms with van der Waals surface area (Å²) in [6.07, 6.45) is -1.46. The SMILES string of the molecule is Cc1nn(C)cc1S(=O)(=O)N1c2c(C#N)cnn2[C@@H](C(F)(F)F)C[C@H]1C1CC1. The second-order valence-corrected chi connectivity index (χ2v) is 8.97. The summed E-state index contributed by atoms with van der Waals surface area (Å²) >= 11 is 0. The van der Waals surface area contributed by atoms with Crippen LogP contribution < -0.4 is 4.31 Å². The molecule has 0 bridgehead atoms. The molecule has 0 radical (unpaired) electrons. The van der Waals surface area contributed by atoms with Crippen LogP contribution in [0.15, 0.2) is 17.3 Å². The summed E-state index contributed by atoms with van der Waals surface area (Å²) in [6, 6.07) is -1.09. The van der Waals surface area contributed by atoms with Gasteiger partial charge >= 0.3 is 6.18 Å². The van der Waals surface area contributed by atoms with Gasteiger partial charge in [-0.25, -0.2) is 17.4 Å². The maximum atomic E-state index is 13.7. The summed E-state index contributed by atoms with van der Waals surface area (Å²) in [5.74, 6) is -0.511. The molecule has 0 amide bonds. The minimum absolute atomic E-state index is 0.0947. The summed E-state index contributed by atoms with van der Waals surface area (Å²) in [6.45, 7) is 1.52. The van der Waals surface area contributed by atoms with Crippen molar-refractivity contribution >= 4 is 15.8 Å². The van der Waals surface area contributed by atoms with Gasteiger partial charge in [0.2, 0.25) is 0 Å². The van der Waals surface area contributed by atoms with Gasteiger partial charge in [0, 0.05) is 19.7 Å². The maximum Gasteiger partial charge on any atom is 0.410 e. The first-order chi connectivity index (χ1) is 13.1. The largest absolute Gasteiger partial charge is 0.410 e. The Labute approximate surface area is 159 Å². The van der Waals surface area contributed by atoms with Crippen LogP contribution in [0.4, 0.5) is 19.0 Å². The summed E-state index contributed by atoms with van der Waals surface area (Å²) < 4.78 is 71.0. The minimum atomic E-state index is -4.61. The molecule has 28 heavy (non-hydrogen) atoms. The Morgan fingerprint density at radius 3 is 2.50 bits per heavy atom. The van der Waals surface area contributed by atoms with Crippen LogP contribution >= 0.6 is 0 Å². The van der Waals surface area contributed by atoms with E-state index in [1.165, 1.54) is 17.8 Å². The third-order valence-corrected chi connectivity index (χ3v) is 7.13. The normalized spacial score (nSPS) is 22.8. The number of nitrogens with zero attached hydrogens (tertiary/aromatic N) is 6. The molecular formula is C16H17F3N6O2S. The molecular weight excluding hydrogens is 397 g/mol. The zero-order valence-corrected chi connectivity index (χ0v) is 15.9. The fourth-order valence-electron chi connectivity index (χ4n) is 3.83. The first-order valence-corrected chi connectivity index (χ1v) is 10.1. The Kier molecular flexibility index (Phi) is 4.01. The molecule has 0 N–H and O–H groups in total. The van der Waals surface area contributed by atoms with Crippen molar-refractivity contribution < 1.29 is 21.6 Å². The van der Waals surface area contributed by atoms with Gasteiger partial charge < -0.3 is 0 Å². The number of rotatable bonds is 3. The van der Waals surface area contributed by atoms with E-state index in [-0.39, 0.29) is 27.9 Å². The standard InChI is InChI=1S/C16H17F3N6O2S/c1-9-13(8-23(2)22-9)28(26,27)25-12(10-3-4-10)5-14(16(17,18)19)24-15(25)11(6-20)7-21-24/h7-8,10,12,14H,3-5H2,1-2H3/t12-,14+/m0/s1. The average molecular weight is 414 g/mol. The lowest BCUT2D eigenvalue weighted by atomic mass is 9.99. The number of sulfonamides is 1. The van der Waals surface area contributed by atoms with Crippen LogP contribution in [-0.2, 0) is 17.1 Å². The molecule has 1 saturated carbocycles. The van der Waals surface area contributed by atoms with E-state index in [1.807, 2.05) is 0 Å². The highest BCUT2D eigenvalue weighted by Gasteiger charge is 2.55. The lowest BCUT2D eigenvalue weighted by Crippen LogP contribution is -2.50. The number of aromatic nitrogens is 4. The molecule has 1 aliphatic carbocycles. The number of alkyl halides is 3. The van der Waals surface area contributed by atoms with E-state index >= 15 is 0 Å². The Bertz CT molecular complexity index is 1080. The average Bonchev–Trinajstić information content (AvgIpc) is 3.26. The van der Waals surface area contributed by atoms with Gasteiger partial charge in [-0.05, 0) is 25.7 Å². The number of fused-ring (bicyclic) bond motifs is 1. The van der Waals surface area contributed by atoms with Crippen LogP contribution in [0.25, 0.3) is 0 Å². The highest BCUT2D eigenvalue weighted by atomic mass is 32.2. The van der Waals surface area contributed by atoms with E-state index in [4.69, 9.17) is 0 Å². The van der Waals surface area contributed by atoms with Crippen molar-refractivity contribution in [3.8, 4) is 6.07 Å². The first-order valence-electron chi connectivity index (χ1n) is 8.64. The molecule has 0 spiro atoms. The molecule has 150 valence electrons. The summed E-state index contributed by atoms with van der Waals surface area (Å²) in [4.78, 5) is -0.0947. The second kappa shape index (κ2) is 5.97. The predicted octanol–water partition coefficient (Wildman–Crippen LogP) is 2.28. The van der Waals surface area contributed by atoms with Gasteiger partial charge in [-0.15, -0.1) is 0 Å². The molecule has 3 heterocycles. The van der Waals surface area contributed by atoms with Crippen molar-refractivity contribution in [2.45, 2.75) is 49.3 Å². The molecule has 2 aromatic rings. The quantitative estimate of drug-likeness (QED) is 0.768. The number of hydrogen-bond donors (Lipinski definition) is 0. The Balaban J connectivity index is 1.95. The monoisotopic (exact) mass is 414 g/mol. The van der Waals surface area contributed by atoms with Crippen molar-refractivity contribution in [1.29, 1.82) is 5.26 Å². The Morgan fingerprint density at radius 2 is 2.00 bits per heavy atom. The first kappa shape index (κ1) is 18.8. The number of aryl methyl sites for hydroxylation is 2. The van der Waals surface area contributed by atoms with Gasteiger partial charge in [-0.2, -0.15) is 28.6 Å². The van der Waals surface area contributed by atoms with E-state index < -0.39 is 34.7 Å². The molecule has 1 fully saturated rings. The molecule has 2 aliphatic rings. The van der Waals surface area contributed by atoms with Crippen LogP contribution in [0, 0.1) is 24.2 Å². The third kappa shape index (κ3) is 2.76. The van der Waals surface area contributed by atoms with Gasteiger partial charge in [0.25, 0.3) is 10.0 Å². The fourth-order valence-corrected chi connectivity index (χ4v) is 5.77. The van der Waals surface area contributed by atoms with Crippen LogP contribution in [0.1, 0.15) is 36.6 Å². The maximum absolute atomic E-state index is 13.7. The zero-order chi connectivity index (χ0) is 20.4. The molecule has 2 atom stereocenters. The topological polar surface area (TPSA) is 96.8 Å². The summed E-state index contributed by atoms with van der Waals surface area (Å²) in [5.41, 5.74) is 0.0317. The smallest absolute Gasteiger partial charge is 0.274 e. The Hall–Kier alpha value is -2.55. The summed E-state index contributed by atoms with van der Waals surface area (Å²) in [5, 5.41) is 17.2. The summed E-state index contributed by atoms with van der Waals surface area (Å²) in [7, 11) is -2.68. The highest BCUT2D eigenvalue weighted by molar-refractivity contribution is 7.93. The number of hydrogen-bond acceptors (Lipinski definition) is 5.